The number of aromatic nitrogens is 2. The molecule has 2 rings (SSSR count). The number of nitrogens with one attached hydrogen (secondary N) is 3. The number of anilines is 1. The average molecular weight is 345 g/mol. The van der Waals surface area contributed by atoms with E-state index in [1.54, 1.807) is 19.2 Å². The normalized spacial score (nSPS) is 11.5. The Bertz CT molecular complexity index is 655. The molecule has 0 aliphatic rings. The Morgan fingerprint density at radius 1 is 1.42 bits per heavy atom. The second-order valence-corrected chi connectivity index (χ2v) is 6.39. The third kappa shape index (κ3) is 3.34. The van der Waals surface area contributed by atoms with E-state index >= 15 is 0 Å². The van der Waals surface area contributed by atoms with Gasteiger partial charge < -0.3 is 5.32 Å². The van der Waals surface area contributed by atoms with E-state index in [4.69, 9.17) is 0 Å². The minimum atomic E-state index is -3.64. The van der Waals surface area contributed by atoms with Crippen LogP contribution in [0.2, 0.25) is 0 Å². The number of rotatable bonds is 5. The van der Waals surface area contributed by atoms with Gasteiger partial charge in [-0.05, 0) is 40.7 Å². The molecule has 6 nitrogen and oxygen atoms in total. The molecule has 0 aliphatic heterocycles. The summed E-state index contributed by atoms with van der Waals surface area (Å²) in [5, 5.41) is 9.23. The van der Waals surface area contributed by atoms with Crippen LogP contribution in [0.4, 0.5) is 5.69 Å². The van der Waals surface area contributed by atoms with E-state index < -0.39 is 10.0 Å². The zero-order valence-electron chi connectivity index (χ0n) is 10.1. The second-order valence-electron chi connectivity index (χ2n) is 3.89. The summed E-state index contributed by atoms with van der Waals surface area (Å²) in [5.41, 5.74) is 1.28. The van der Waals surface area contributed by atoms with Gasteiger partial charge in [0.05, 0.1) is 11.9 Å². The lowest BCUT2D eigenvalue weighted by Gasteiger charge is -2.10. The van der Waals surface area contributed by atoms with E-state index in [1.807, 2.05) is 6.07 Å². The summed E-state index contributed by atoms with van der Waals surface area (Å²) < 4.78 is 27.5. The molecule has 0 amide bonds. The van der Waals surface area contributed by atoms with Crippen molar-refractivity contribution in [3.63, 3.8) is 0 Å². The van der Waals surface area contributed by atoms with Crippen LogP contribution in [0, 0.1) is 0 Å². The molecule has 0 fully saturated rings. The third-order valence-electron chi connectivity index (χ3n) is 2.42. The number of nitrogens with zero attached hydrogens (tertiary/aromatic N) is 1. The molecule has 2 aromatic rings. The minimum Gasteiger partial charge on any atom is -0.316 e. The van der Waals surface area contributed by atoms with Crippen LogP contribution in [-0.2, 0) is 16.6 Å². The van der Waals surface area contributed by atoms with Gasteiger partial charge in [0, 0.05) is 17.2 Å². The Hall–Kier alpha value is -1.38. The molecular formula is C11H13BrN4O2S. The van der Waals surface area contributed by atoms with E-state index in [2.05, 4.69) is 36.2 Å². The Labute approximate surface area is 119 Å². The molecule has 0 radical (unpaired) electrons. The molecular weight excluding hydrogens is 332 g/mol. The van der Waals surface area contributed by atoms with Gasteiger partial charge >= 0.3 is 0 Å². The van der Waals surface area contributed by atoms with E-state index in [-0.39, 0.29) is 4.90 Å². The van der Waals surface area contributed by atoms with E-state index in [9.17, 15) is 8.42 Å². The van der Waals surface area contributed by atoms with Gasteiger partial charge in [0.15, 0.2) is 0 Å². The van der Waals surface area contributed by atoms with Gasteiger partial charge in [-0.15, -0.1) is 0 Å². The Kier molecular flexibility index (Phi) is 4.23. The van der Waals surface area contributed by atoms with Crippen molar-refractivity contribution < 1.29 is 8.42 Å². The predicted octanol–water partition coefficient (Wildman–Crippen LogP) is 1.69. The van der Waals surface area contributed by atoms with Gasteiger partial charge in [-0.25, -0.2) is 8.42 Å². The van der Waals surface area contributed by atoms with Crippen molar-refractivity contribution in [2.24, 2.45) is 0 Å². The lowest BCUT2D eigenvalue weighted by atomic mass is 10.2. The molecule has 0 saturated heterocycles. The van der Waals surface area contributed by atoms with Gasteiger partial charge in [0.2, 0.25) is 0 Å². The Balaban J connectivity index is 2.36. The summed E-state index contributed by atoms with van der Waals surface area (Å²) in [6, 6.07) is 5.21. The number of aromatic amines is 1. The van der Waals surface area contributed by atoms with Crippen molar-refractivity contribution in [1.82, 2.24) is 15.5 Å². The van der Waals surface area contributed by atoms with Gasteiger partial charge in [-0.2, -0.15) is 5.10 Å². The zero-order valence-corrected chi connectivity index (χ0v) is 12.5. The summed E-state index contributed by atoms with van der Waals surface area (Å²) in [6.45, 7) is 0.599. The first kappa shape index (κ1) is 14.0. The van der Waals surface area contributed by atoms with Gasteiger partial charge in [-0.3, -0.25) is 9.82 Å². The fourth-order valence-electron chi connectivity index (χ4n) is 1.58. The van der Waals surface area contributed by atoms with Crippen molar-refractivity contribution >= 4 is 31.6 Å². The number of benzene rings is 1. The highest BCUT2D eigenvalue weighted by atomic mass is 79.9. The summed E-state index contributed by atoms with van der Waals surface area (Å²) >= 11 is 3.26. The molecule has 1 heterocycles. The van der Waals surface area contributed by atoms with Crippen LogP contribution >= 0.6 is 15.9 Å². The van der Waals surface area contributed by atoms with Crippen molar-refractivity contribution in [2.75, 3.05) is 11.8 Å². The molecule has 1 aromatic heterocycles. The molecule has 8 heteroatoms. The molecule has 102 valence electrons. The molecule has 0 atom stereocenters. The van der Waals surface area contributed by atoms with Crippen LogP contribution in [0.15, 0.2) is 40.0 Å². The lowest BCUT2D eigenvalue weighted by molar-refractivity contribution is 0.600. The first-order valence-corrected chi connectivity index (χ1v) is 7.75. The van der Waals surface area contributed by atoms with Crippen LogP contribution in [0.1, 0.15) is 5.56 Å². The standard InChI is InChI=1S/C11H13BrN4O2S/c1-13-5-8-2-3-10(12)11(4-8)19(17,18)16-9-6-14-15-7-9/h2-4,6-7,13,16H,5H2,1H3,(H,14,15). The smallest absolute Gasteiger partial charge is 0.263 e. The Morgan fingerprint density at radius 2 is 2.21 bits per heavy atom. The van der Waals surface area contributed by atoms with E-state index in [0.29, 0.717) is 16.7 Å². The number of halogens is 1. The average Bonchev–Trinajstić information content (AvgIpc) is 2.84. The van der Waals surface area contributed by atoms with Gasteiger partial charge in [0.25, 0.3) is 10.0 Å². The molecule has 1 aromatic carbocycles. The molecule has 19 heavy (non-hydrogen) atoms. The topological polar surface area (TPSA) is 86.9 Å². The maximum Gasteiger partial charge on any atom is 0.263 e. The van der Waals surface area contributed by atoms with Crippen molar-refractivity contribution in [3.05, 3.63) is 40.6 Å². The van der Waals surface area contributed by atoms with Crippen molar-refractivity contribution in [3.8, 4) is 0 Å². The fourth-order valence-corrected chi connectivity index (χ4v) is 3.63. The van der Waals surface area contributed by atoms with Crippen LogP contribution in [0.3, 0.4) is 0 Å². The first-order chi connectivity index (χ1) is 9.03. The van der Waals surface area contributed by atoms with Crippen LogP contribution in [0.5, 0.6) is 0 Å². The second kappa shape index (κ2) is 5.72. The number of H-pyrrole nitrogens is 1. The highest BCUT2D eigenvalue weighted by molar-refractivity contribution is 9.10. The Morgan fingerprint density at radius 3 is 2.84 bits per heavy atom. The maximum absolute atomic E-state index is 12.3. The lowest BCUT2D eigenvalue weighted by Crippen LogP contribution is -2.14. The largest absolute Gasteiger partial charge is 0.316 e. The highest BCUT2D eigenvalue weighted by Crippen LogP contribution is 2.25. The summed E-state index contributed by atoms with van der Waals surface area (Å²) in [6.07, 6.45) is 2.88. The summed E-state index contributed by atoms with van der Waals surface area (Å²) in [7, 11) is -1.83. The first-order valence-electron chi connectivity index (χ1n) is 5.47. The molecule has 0 saturated carbocycles. The predicted molar refractivity (Wildman–Crippen MR) is 76.3 cm³/mol. The van der Waals surface area contributed by atoms with Crippen LogP contribution in [-0.4, -0.2) is 25.7 Å². The quantitative estimate of drug-likeness (QED) is 0.770. The third-order valence-corrected chi connectivity index (χ3v) is 4.79. The molecule has 0 unspecified atom stereocenters. The molecule has 0 spiro atoms. The van der Waals surface area contributed by atoms with E-state index in [1.165, 1.54) is 12.4 Å². The van der Waals surface area contributed by atoms with E-state index in [0.717, 1.165) is 5.56 Å². The summed E-state index contributed by atoms with van der Waals surface area (Å²) in [4.78, 5) is 0.196. The SMILES string of the molecule is CNCc1ccc(Br)c(S(=O)(=O)Nc2cn[nH]c2)c1. The van der Waals surface area contributed by atoms with Gasteiger partial charge in [-0.1, -0.05) is 6.07 Å². The number of hydrogen-bond acceptors (Lipinski definition) is 4. The van der Waals surface area contributed by atoms with Crippen LogP contribution in [0.25, 0.3) is 0 Å². The number of hydrogen-bond donors (Lipinski definition) is 3. The zero-order chi connectivity index (χ0) is 13.9. The minimum absolute atomic E-state index is 0.196. The number of sulfonamides is 1. The van der Waals surface area contributed by atoms with Crippen LogP contribution < -0.4 is 10.0 Å². The van der Waals surface area contributed by atoms with Crippen molar-refractivity contribution in [1.29, 1.82) is 0 Å². The van der Waals surface area contributed by atoms with Crippen molar-refractivity contribution in [2.45, 2.75) is 11.4 Å². The maximum atomic E-state index is 12.3. The fraction of sp³-hybridized carbons (Fsp3) is 0.182. The molecule has 0 bridgehead atoms. The molecule has 0 aliphatic carbocycles. The summed E-state index contributed by atoms with van der Waals surface area (Å²) in [5.74, 6) is 0. The monoisotopic (exact) mass is 344 g/mol. The van der Waals surface area contributed by atoms with Gasteiger partial charge in [0.1, 0.15) is 4.90 Å². The highest BCUT2D eigenvalue weighted by Gasteiger charge is 2.18. The molecule has 3 N–H and O–H groups in total.